The molecule has 0 aliphatic carbocycles. The molecule has 10 atom stereocenters. The van der Waals surface area contributed by atoms with Gasteiger partial charge in [-0.05, 0) is 76.4 Å². The topological polar surface area (TPSA) is 136 Å². The number of ether oxygens (including phenoxy) is 11. The maximum atomic E-state index is 14.4. The highest BCUT2D eigenvalue weighted by molar-refractivity contribution is 5.93. The van der Waals surface area contributed by atoms with Crippen LogP contribution in [0.4, 0.5) is 0 Å². The highest BCUT2D eigenvalue weighted by Gasteiger charge is 2.52. The van der Waals surface area contributed by atoms with Gasteiger partial charge in [-0.1, -0.05) is 178 Å². The molecular formula is C66H70O13. The molecule has 79 heavy (non-hydrogen) atoms. The number of esters is 2. The molecule has 2 saturated heterocycles. The van der Waals surface area contributed by atoms with Gasteiger partial charge in [0, 0.05) is 12.0 Å². The predicted octanol–water partition coefficient (Wildman–Crippen LogP) is 12.3. The van der Waals surface area contributed by atoms with E-state index in [1.54, 1.807) is 31.4 Å². The Labute approximate surface area is 463 Å². The monoisotopic (exact) mass is 1070 g/mol. The van der Waals surface area contributed by atoms with Crippen molar-refractivity contribution in [3.63, 3.8) is 0 Å². The molecular weight excluding hydrogens is 1000 g/mol. The lowest BCUT2D eigenvalue weighted by Crippen LogP contribution is -2.63. The summed E-state index contributed by atoms with van der Waals surface area (Å²) in [6, 6.07) is 59.4. The lowest BCUT2D eigenvalue weighted by molar-refractivity contribution is -0.374. The summed E-state index contributed by atoms with van der Waals surface area (Å²) >= 11 is 0. The Hall–Kier alpha value is -7.36. The first-order valence-corrected chi connectivity index (χ1v) is 27.0. The minimum Gasteiger partial charge on any atom is -0.497 e. The molecule has 0 aromatic heterocycles. The van der Waals surface area contributed by atoms with E-state index in [1.165, 1.54) is 0 Å². The van der Waals surface area contributed by atoms with Crippen LogP contribution in [0.5, 0.6) is 17.2 Å². The highest BCUT2D eigenvalue weighted by atomic mass is 16.8. The molecule has 7 aromatic carbocycles. The summed E-state index contributed by atoms with van der Waals surface area (Å²) in [4.78, 5) is 28.4. The summed E-state index contributed by atoms with van der Waals surface area (Å²) in [7, 11) is 1.56. The van der Waals surface area contributed by atoms with Gasteiger partial charge in [-0.2, -0.15) is 0 Å². The van der Waals surface area contributed by atoms with Crippen LogP contribution < -0.4 is 14.2 Å². The average Bonchev–Trinajstić information content (AvgIpc) is 3.58. The minimum atomic E-state index is -1.16. The summed E-state index contributed by atoms with van der Waals surface area (Å²) in [6.07, 6.45) is -6.22. The maximum absolute atomic E-state index is 14.4. The smallest absolute Gasteiger partial charge is 0.342 e. The summed E-state index contributed by atoms with van der Waals surface area (Å²) in [5, 5.41) is 0. The van der Waals surface area contributed by atoms with Gasteiger partial charge in [0.2, 0.25) is 0 Å². The zero-order valence-electron chi connectivity index (χ0n) is 45.4. The van der Waals surface area contributed by atoms with Crippen molar-refractivity contribution in [3.8, 4) is 17.2 Å². The molecule has 0 saturated carbocycles. The van der Waals surface area contributed by atoms with E-state index in [0.29, 0.717) is 17.2 Å². The third-order valence-electron chi connectivity index (χ3n) is 14.7. The molecule has 412 valence electrons. The number of rotatable bonds is 24. The van der Waals surface area contributed by atoms with Crippen molar-refractivity contribution in [2.75, 3.05) is 20.3 Å². The van der Waals surface area contributed by atoms with Crippen molar-refractivity contribution in [2.45, 2.75) is 104 Å². The maximum Gasteiger partial charge on any atom is 0.342 e. The van der Waals surface area contributed by atoms with Crippen LogP contribution in [-0.4, -0.2) is 75.4 Å². The van der Waals surface area contributed by atoms with Crippen LogP contribution in [0.2, 0.25) is 0 Å². The summed E-state index contributed by atoms with van der Waals surface area (Å²) in [6.45, 7) is 8.95. The Kier molecular flexibility index (Phi) is 20.0. The molecule has 2 aliphatic rings. The Morgan fingerprint density at radius 2 is 0.848 bits per heavy atom. The largest absolute Gasteiger partial charge is 0.497 e. The van der Waals surface area contributed by atoms with E-state index in [9.17, 15) is 9.59 Å². The lowest BCUT2D eigenvalue weighted by Gasteiger charge is -2.49. The molecule has 0 spiro atoms. The zero-order valence-corrected chi connectivity index (χ0v) is 45.4. The molecule has 0 radical (unpaired) electrons. The fourth-order valence-corrected chi connectivity index (χ4v) is 9.73. The number of benzene rings is 7. The van der Waals surface area contributed by atoms with Gasteiger partial charge in [-0.3, -0.25) is 0 Å². The normalized spacial score (nSPS) is 22.8. The standard InChI is InChI=1S/C66H70O13/c1-44-31-33-54(56(35-44)70-37-48-21-11-6-12-22-48)63(67)76-43-59-60(72-39-50-25-15-8-16-26-50)61(73-40-51-27-17-9-18-28-51)62(74-41-52-29-19-10-20-30-52)66(78-59)79-65-47(4)45(2)46(3)58(77-65)42-75-64(68)55-34-32-53(69-5)36-57(55)71-38-49-23-13-7-14-24-49/h6-36,45-47,58-62,65-66H,37-43H2,1-5H3/t45-,46-,47?,58?,59?,60+,61-,62?,65+,66+/m0/s1. The summed E-state index contributed by atoms with van der Waals surface area (Å²) < 4.78 is 72.0. The first-order valence-electron chi connectivity index (χ1n) is 27.0. The molecule has 13 heteroatoms. The van der Waals surface area contributed by atoms with Crippen LogP contribution in [0.25, 0.3) is 0 Å². The number of hydrogen-bond acceptors (Lipinski definition) is 13. The molecule has 4 unspecified atom stereocenters. The third kappa shape index (κ3) is 15.3. The Bertz CT molecular complexity index is 2980. The second-order valence-electron chi connectivity index (χ2n) is 20.2. The predicted molar refractivity (Wildman–Crippen MR) is 297 cm³/mol. The summed E-state index contributed by atoms with van der Waals surface area (Å²) in [5.41, 5.74) is 6.08. The van der Waals surface area contributed by atoms with Crippen molar-refractivity contribution in [3.05, 3.63) is 233 Å². The summed E-state index contributed by atoms with van der Waals surface area (Å²) in [5.74, 6) is -0.136. The Balaban J connectivity index is 1.00. The van der Waals surface area contributed by atoms with Crippen LogP contribution in [0.3, 0.4) is 0 Å². The Morgan fingerprint density at radius 1 is 0.430 bits per heavy atom. The molecule has 9 rings (SSSR count). The van der Waals surface area contributed by atoms with Crippen LogP contribution in [-0.2, 0) is 70.9 Å². The van der Waals surface area contributed by atoms with Crippen LogP contribution >= 0.6 is 0 Å². The molecule has 0 amide bonds. The van der Waals surface area contributed by atoms with Crippen molar-refractivity contribution >= 4 is 11.9 Å². The second kappa shape index (κ2) is 28.0. The van der Waals surface area contributed by atoms with Gasteiger partial charge in [0.05, 0.1) is 33.0 Å². The highest BCUT2D eigenvalue weighted by Crippen LogP contribution is 2.40. The fourth-order valence-electron chi connectivity index (χ4n) is 9.73. The quantitative estimate of drug-likeness (QED) is 0.0532. The molecule has 2 aliphatic heterocycles. The molecule has 13 nitrogen and oxygen atoms in total. The number of hydrogen-bond donors (Lipinski definition) is 0. The van der Waals surface area contributed by atoms with Crippen LogP contribution in [0.15, 0.2) is 188 Å². The molecule has 2 heterocycles. The van der Waals surface area contributed by atoms with Gasteiger partial charge < -0.3 is 52.1 Å². The van der Waals surface area contributed by atoms with Gasteiger partial charge in [0.1, 0.15) is 79.2 Å². The van der Waals surface area contributed by atoms with Crippen LogP contribution in [0, 0.1) is 24.7 Å². The first-order chi connectivity index (χ1) is 38.6. The average molecular weight is 1070 g/mol. The molecule has 7 aromatic rings. The van der Waals surface area contributed by atoms with E-state index in [-0.39, 0.29) is 75.1 Å². The minimum absolute atomic E-state index is 0.0251. The SMILES string of the molecule is COc1ccc(C(=O)OCC2O[C@H](O[C@H]3OC(COC(=O)c4ccc(C)cc4OCc4ccccc4)[C@@H](OCc4ccccc4)[C@H](OCc4ccccc4)C3OCc3ccccc3)C(C)[C@@H](C)[C@@H]2C)c(OCc2ccccc2)c1. The lowest BCUT2D eigenvalue weighted by atomic mass is 9.79. The van der Waals surface area contributed by atoms with Gasteiger partial charge >= 0.3 is 11.9 Å². The van der Waals surface area contributed by atoms with E-state index in [0.717, 1.165) is 33.4 Å². The Morgan fingerprint density at radius 3 is 1.34 bits per heavy atom. The van der Waals surface area contributed by atoms with E-state index in [2.05, 4.69) is 20.8 Å². The van der Waals surface area contributed by atoms with Gasteiger partial charge in [0.25, 0.3) is 0 Å². The number of carbonyl (C=O) groups excluding carboxylic acids is 2. The van der Waals surface area contributed by atoms with Gasteiger partial charge in [0.15, 0.2) is 12.6 Å². The fraction of sp³-hybridized carbons (Fsp3) is 0.333. The van der Waals surface area contributed by atoms with Gasteiger partial charge in [-0.15, -0.1) is 0 Å². The van der Waals surface area contributed by atoms with Crippen molar-refractivity contribution < 1.29 is 61.7 Å². The zero-order chi connectivity index (χ0) is 54.9. The molecule has 0 N–H and O–H groups in total. The first kappa shape index (κ1) is 56.4. The van der Waals surface area contributed by atoms with Crippen molar-refractivity contribution in [1.82, 2.24) is 0 Å². The number of aryl methyl sites for hydroxylation is 1. The van der Waals surface area contributed by atoms with Gasteiger partial charge in [-0.25, -0.2) is 9.59 Å². The van der Waals surface area contributed by atoms with Crippen molar-refractivity contribution in [1.29, 1.82) is 0 Å². The number of methoxy groups -OCH3 is 1. The van der Waals surface area contributed by atoms with Crippen LogP contribution in [0.1, 0.15) is 74.9 Å². The molecule has 0 bridgehead atoms. The van der Waals surface area contributed by atoms with E-state index in [1.807, 2.05) is 171 Å². The van der Waals surface area contributed by atoms with E-state index < -0.39 is 55.0 Å². The van der Waals surface area contributed by atoms with E-state index >= 15 is 0 Å². The molecule has 2 fully saturated rings. The number of carbonyl (C=O) groups is 2. The van der Waals surface area contributed by atoms with Crippen molar-refractivity contribution in [2.24, 2.45) is 17.8 Å². The van der Waals surface area contributed by atoms with E-state index in [4.69, 9.17) is 52.1 Å². The third-order valence-corrected chi connectivity index (χ3v) is 14.7. The second-order valence-corrected chi connectivity index (χ2v) is 20.2.